The van der Waals surface area contributed by atoms with Crippen molar-refractivity contribution in [3.63, 3.8) is 0 Å². The smallest absolute Gasteiger partial charge is 0.182 e. The van der Waals surface area contributed by atoms with Crippen molar-refractivity contribution in [2.24, 2.45) is 0 Å². The summed E-state index contributed by atoms with van der Waals surface area (Å²) in [7, 11) is -3.16. The lowest BCUT2D eigenvalue weighted by atomic mass is 10.2. The fourth-order valence-electron chi connectivity index (χ4n) is 0.855. The molecule has 0 aliphatic rings. The fraction of sp³-hybridized carbons (Fsp3) is 0.111. The van der Waals surface area contributed by atoms with Gasteiger partial charge in [0.2, 0.25) is 0 Å². The first-order valence-electron chi connectivity index (χ1n) is 3.76. The maximum Gasteiger partial charge on any atom is 0.182 e. The van der Waals surface area contributed by atoms with Crippen LogP contribution in [0.15, 0.2) is 35.7 Å². The number of hydrogen-bond acceptors (Lipinski definition) is 2. The van der Waals surface area contributed by atoms with Crippen molar-refractivity contribution in [2.75, 3.05) is 4.66 Å². The first-order valence-corrected chi connectivity index (χ1v) is 7.39. The predicted molar refractivity (Wildman–Crippen MR) is 66.1 cm³/mol. The third-order valence-corrected chi connectivity index (χ3v) is 5.29. The normalized spacial score (nSPS) is 12.9. The average Bonchev–Trinajstić information content (AvgIpc) is 2.19. The van der Waals surface area contributed by atoms with E-state index in [0.717, 1.165) is 5.56 Å². The molecule has 0 unspecified atom stereocenters. The van der Waals surface area contributed by atoms with E-state index >= 15 is 0 Å². The molecule has 0 saturated carbocycles. The Hall–Kier alpha value is -0.130. The highest BCUT2D eigenvalue weighted by molar-refractivity contribution is 9.15. The second-order valence-corrected chi connectivity index (χ2v) is 6.61. The van der Waals surface area contributed by atoms with Gasteiger partial charge in [0.25, 0.3) is 0 Å². The van der Waals surface area contributed by atoms with Crippen molar-refractivity contribution in [2.45, 2.75) is 0 Å². The lowest BCUT2D eigenvalue weighted by Crippen LogP contribution is -1.95. The molecular formula is C9H8Br2O2S. The van der Waals surface area contributed by atoms with Crippen LogP contribution >= 0.6 is 31.9 Å². The minimum Gasteiger partial charge on any atom is -0.223 e. The van der Waals surface area contributed by atoms with Crippen LogP contribution in [-0.2, 0) is 9.84 Å². The molecule has 2 nitrogen and oxygen atoms in total. The van der Waals surface area contributed by atoms with Gasteiger partial charge in [0.05, 0.1) is 0 Å². The molecule has 0 radical (unpaired) electrons. The number of rotatable bonds is 3. The first kappa shape index (κ1) is 11.9. The second kappa shape index (κ2) is 5.09. The molecule has 0 fully saturated rings. The van der Waals surface area contributed by atoms with Crippen molar-refractivity contribution in [1.29, 1.82) is 0 Å². The summed E-state index contributed by atoms with van der Waals surface area (Å²) < 4.78 is 23.0. The van der Waals surface area contributed by atoms with Crippen LogP contribution in [0.25, 0.3) is 4.48 Å². The maximum absolute atomic E-state index is 11.2. The molecule has 0 spiro atoms. The van der Waals surface area contributed by atoms with Crippen LogP contribution in [-0.4, -0.2) is 13.1 Å². The van der Waals surface area contributed by atoms with Crippen LogP contribution < -0.4 is 0 Å². The Balaban J connectivity index is 3.03. The molecule has 0 bridgehead atoms. The minimum atomic E-state index is -3.16. The zero-order valence-electron chi connectivity index (χ0n) is 7.15. The Morgan fingerprint density at radius 2 is 1.86 bits per heavy atom. The molecule has 1 aromatic rings. The minimum absolute atomic E-state index is 0.0675. The van der Waals surface area contributed by atoms with Crippen molar-refractivity contribution < 1.29 is 8.42 Å². The van der Waals surface area contributed by atoms with E-state index in [0.29, 0.717) is 4.48 Å². The Morgan fingerprint density at radius 3 is 2.36 bits per heavy atom. The molecule has 0 aliphatic carbocycles. The molecule has 76 valence electrons. The number of halogens is 2. The van der Waals surface area contributed by atoms with E-state index < -0.39 is 9.84 Å². The van der Waals surface area contributed by atoms with Gasteiger partial charge in [0.1, 0.15) is 4.66 Å². The van der Waals surface area contributed by atoms with Gasteiger partial charge in [-0.3, -0.25) is 0 Å². The SMILES string of the molecule is O=S(=O)(C=C(Br)c1ccccc1)CBr. The number of alkyl halides is 1. The van der Waals surface area contributed by atoms with Crippen LogP contribution in [0.1, 0.15) is 5.56 Å². The van der Waals surface area contributed by atoms with E-state index in [9.17, 15) is 8.42 Å². The summed E-state index contributed by atoms with van der Waals surface area (Å²) in [4.78, 5) is 0. The van der Waals surface area contributed by atoms with Crippen LogP contribution in [0.5, 0.6) is 0 Å². The number of hydrogen-bond donors (Lipinski definition) is 0. The molecular weight excluding hydrogens is 332 g/mol. The molecule has 0 heterocycles. The standard InChI is InChI=1S/C9H8Br2O2S/c10-7-14(12,13)6-9(11)8-4-2-1-3-5-8/h1-6H,7H2. The topological polar surface area (TPSA) is 34.1 Å². The number of sulfone groups is 1. The van der Waals surface area contributed by atoms with Gasteiger partial charge in [0, 0.05) is 9.89 Å². The van der Waals surface area contributed by atoms with Gasteiger partial charge in [0.15, 0.2) is 9.84 Å². The summed E-state index contributed by atoms with van der Waals surface area (Å²) >= 11 is 6.14. The van der Waals surface area contributed by atoms with Crippen LogP contribution in [0, 0.1) is 0 Å². The van der Waals surface area contributed by atoms with E-state index in [2.05, 4.69) is 31.9 Å². The monoisotopic (exact) mass is 338 g/mol. The van der Waals surface area contributed by atoms with Gasteiger partial charge in [-0.1, -0.05) is 46.3 Å². The lowest BCUT2D eigenvalue weighted by Gasteiger charge is -1.98. The van der Waals surface area contributed by atoms with Gasteiger partial charge < -0.3 is 0 Å². The largest absolute Gasteiger partial charge is 0.223 e. The van der Waals surface area contributed by atoms with E-state index in [4.69, 9.17) is 0 Å². The van der Waals surface area contributed by atoms with Gasteiger partial charge in [-0.2, -0.15) is 0 Å². The molecule has 0 aliphatic heterocycles. The Bertz CT molecular complexity index is 423. The van der Waals surface area contributed by atoms with Gasteiger partial charge >= 0.3 is 0 Å². The van der Waals surface area contributed by atoms with Crippen molar-refractivity contribution in [3.05, 3.63) is 41.3 Å². The third-order valence-electron chi connectivity index (χ3n) is 1.48. The average molecular weight is 340 g/mol. The summed E-state index contributed by atoms with van der Waals surface area (Å²) in [6.45, 7) is 0. The zero-order chi connectivity index (χ0) is 10.6. The zero-order valence-corrected chi connectivity index (χ0v) is 11.1. The number of benzene rings is 1. The predicted octanol–water partition coefficient (Wildman–Crippen LogP) is 3.15. The highest BCUT2D eigenvalue weighted by Crippen LogP contribution is 2.22. The second-order valence-electron chi connectivity index (χ2n) is 2.60. The highest BCUT2D eigenvalue weighted by Gasteiger charge is 2.06. The van der Waals surface area contributed by atoms with Gasteiger partial charge in [-0.15, -0.1) is 0 Å². The van der Waals surface area contributed by atoms with Crippen molar-refractivity contribution in [1.82, 2.24) is 0 Å². The summed E-state index contributed by atoms with van der Waals surface area (Å²) in [5.74, 6) is 0. The van der Waals surface area contributed by atoms with E-state index in [1.165, 1.54) is 5.41 Å². The summed E-state index contributed by atoms with van der Waals surface area (Å²) in [5.41, 5.74) is 0.844. The molecule has 0 atom stereocenters. The Kier molecular flexibility index (Phi) is 4.34. The summed E-state index contributed by atoms with van der Waals surface area (Å²) in [5, 5.41) is 1.21. The van der Waals surface area contributed by atoms with E-state index in [-0.39, 0.29) is 4.66 Å². The molecule has 5 heteroatoms. The van der Waals surface area contributed by atoms with Gasteiger partial charge in [-0.25, -0.2) is 8.42 Å². The molecule has 0 N–H and O–H groups in total. The van der Waals surface area contributed by atoms with Crippen LogP contribution in [0.3, 0.4) is 0 Å². The maximum atomic E-state index is 11.2. The summed E-state index contributed by atoms with van der Waals surface area (Å²) in [6.07, 6.45) is 0. The Morgan fingerprint density at radius 1 is 1.29 bits per heavy atom. The fourth-order valence-corrected chi connectivity index (χ4v) is 2.88. The lowest BCUT2D eigenvalue weighted by molar-refractivity contribution is 0.609. The third kappa shape index (κ3) is 3.55. The molecule has 0 saturated heterocycles. The van der Waals surface area contributed by atoms with E-state index in [1.54, 1.807) is 0 Å². The highest BCUT2D eigenvalue weighted by atomic mass is 79.9. The summed E-state index contributed by atoms with van der Waals surface area (Å²) in [6, 6.07) is 9.26. The molecule has 14 heavy (non-hydrogen) atoms. The van der Waals surface area contributed by atoms with Crippen LogP contribution in [0.2, 0.25) is 0 Å². The van der Waals surface area contributed by atoms with Crippen LogP contribution in [0.4, 0.5) is 0 Å². The van der Waals surface area contributed by atoms with E-state index in [1.807, 2.05) is 30.3 Å². The Labute approximate surface area is 100 Å². The molecule has 1 rings (SSSR count). The van der Waals surface area contributed by atoms with Crippen molar-refractivity contribution in [3.8, 4) is 0 Å². The van der Waals surface area contributed by atoms with Crippen molar-refractivity contribution >= 4 is 46.2 Å². The first-order chi connectivity index (χ1) is 6.55. The quantitative estimate of drug-likeness (QED) is 0.793. The molecule has 1 aromatic carbocycles. The van der Waals surface area contributed by atoms with Gasteiger partial charge in [-0.05, 0) is 21.5 Å². The molecule has 0 amide bonds. The molecule has 0 aromatic heterocycles.